The van der Waals surface area contributed by atoms with Gasteiger partial charge in [-0.3, -0.25) is 4.72 Å². The molecule has 0 bridgehead atoms. The molecule has 0 aliphatic carbocycles. The fraction of sp³-hybridized carbons (Fsp3) is 0.455. The van der Waals surface area contributed by atoms with Crippen molar-refractivity contribution in [1.29, 1.82) is 0 Å². The van der Waals surface area contributed by atoms with Crippen LogP contribution in [0.3, 0.4) is 0 Å². The second kappa shape index (κ2) is 12.8. The van der Waals surface area contributed by atoms with Crippen LogP contribution in [0.25, 0.3) is 0 Å². The number of allylic oxidation sites excluding steroid dienone is 4. The predicted octanol–water partition coefficient (Wildman–Crippen LogP) is 5.95. The summed E-state index contributed by atoms with van der Waals surface area (Å²) in [5, 5.41) is 3.19. The molecule has 0 saturated heterocycles. The Morgan fingerprint density at radius 1 is 1.28 bits per heavy atom. The Labute approximate surface area is 159 Å². The quantitative estimate of drug-likeness (QED) is 0.259. The molecule has 2 atom stereocenters. The van der Waals surface area contributed by atoms with Crippen LogP contribution in [0.4, 0.5) is 0 Å². The van der Waals surface area contributed by atoms with Crippen LogP contribution in [0.5, 0.6) is 0 Å². The molecule has 0 aliphatic heterocycles. The minimum Gasteiger partial charge on any atom is -0.392 e. The molecule has 1 rings (SSSR count). The summed E-state index contributed by atoms with van der Waals surface area (Å²) in [6.07, 6.45) is 10.8. The third-order valence-corrected chi connectivity index (χ3v) is 5.27. The summed E-state index contributed by atoms with van der Waals surface area (Å²) in [7, 11) is 1.95. The van der Waals surface area contributed by atoms with E-state index in [0.29, 0.717) is 12.0 Å². The molecule has 3 heteroatoms. The lowest BCUT2D eigenvalue weighted by Crippen LogP contribution is -2.14. The zero-order chi connectivity index (χ0) is 18.5. The van der Waals surface area contributed by atoms with E-state index >= 15 is 0 Å². The molecular weight excluding hydrogens is 324 g/mol. The number of hydrogen-bond donors (Lipinski definition) is 2. The van der Waals surface area contributed by atoms with Crippen molar-refractivity contribution in [3.05, 3.63) is 72.5 Å². The summed E-state index contributed by atoms with van der Waals surface area (Å²) < 4.78 is 3.53. The van der Waals surface area contributed by atoms with Crippen molar-refractivity contribution in [3.63, 3.8) is 0 Å². The average Bonchev–Trinajstić information content (AvgIpc) is 2.62. The molecule has 138 valence electrons. The molecule has 2 N–H and O–H groups in total. The second-order valence-electron chi connectivity index (χ2n) is 6.44. The van der Waals surface area contributed by atoms with Gasteiger partial charge in [-0.05, 0) is 45.1 Å². The fourth-order valence-electron chi connectivity index (χ4n) is 2.65. The Morgan fingerprint density at radius 3 is 2.76 bits per heavy atom. The minimum absolute atomic E-state index is 0.371. The van der Waals surface area contributed by atoms with Crippen LogP contribution in [0.15, 0.2) is 61.3 Å². The zero-order valence-electron chi connectivity index (χ0n) is 16.1. The molecule has 0 spiro atoms. The summed E-state index contributed by atoms with van der Waals surface area (Å²) in [6, 6.07) is 9.06. The van der Waals surface area contributed by atoms with Crippen molar-refractivity contribution in [2.45, 2.75) is 45.6 Å². The number of hydrogen-bond acceptors (Lipinski definition) is 3. The van der Waals surface area contributed by atoms with E-state index in [-0.39, 0.29) is 0 Å². The van der Waals surface area contributed by atoms with E-state index in [2.05, 4.69) is 73.5 Å². The molecule has 1 aromatic rings. The molecule has 25 heavy (non-hydrogen) atoms. The Morgan fingerprint density at radius 2 is 2.08 bits per heavy atom. The van der Waals surface area contributed by atoms with Crippen LogP contribution >= 0.6 is 11.9 Å². The van der Waals surface area contributed by atoms with Gasteiger partial charge in [-0.1, -0.05) is 66.6 Å². The zero-order valence-corrected chi connectivity index (χ0v) is 16.9. The first-order chi connectivity index (χ1) is 12.1. The highest BCUT2D eigenvalue weighted by Crippen LogP contribution is 2.19. The first-order valence-corrected chi connectivity index (χ1v) is 10.1. The van der Waals surface area contributed by atoms with Gasteiger partial charge in [0.15, 0.2) is 0 Å². The second-order valence-corrected chi connectivity index (χ2v) is 7.37. The van der Waals surface area contributed by atoms with Gasteiger partial charge in [0.2, 0.25) is 0 Å². The number of rotatable bonds is 13. The Hall–Kier alpha value is -1.45. The average molecular weight is 359 g/mol. The summed E-state index contributed by atoms with van der Waals surface area (Å²) in [4.78, 5) is 0. The maximum atomic E-state index is 4.12. The third-order valence-electron chi connectivity index (χ3n) is 4.31. The van der Waals surface area contributed by atoms with Crippen molar-refractivity contribution in [2.24, 2.45) is 5.92 Å². The van der Waals surface area contributed by atoms with E-state index in [1.54, 1.807) is 11.9 Å². The van der Waals surface area contributed by atoms with Gasteiger partial charge in [0.25, 0.3) is 0 Å². The number of aryl methyl sites for hydroxylation is 1. The van der Waals surface area contributed by atoms with Crippen molar-refractivity contribution in [1.82, 2.24) is 10.0 Å². The van der Waals surface area contributed by atoms with Crippen LogP contribution < -0.4 is 10.0 Å². The molecule has 0 saturated carbocycles. The molecule has 0 aromatic heterocycles. The highest BCUT2D eigenvalue weighted by Gasteiger charge is 2.08. The van der Waals surface area contributed by atoms with E-state index in [1.807, 2.05) is 13.1 Å². The predicted molar refractivity (Wildman–Crippen MR) is 115 cm³/mol. The highest BCUT2D eigenvalue weighted by molar-refractivity contribution is 7.97. The van der Waals surface area contributed by atoms with E-state index in [4.69, 9.17) is 0 Å². The van der Waals surface area contributed by atoms with Gasteiger partial charge in [0.1, 0.15) is 0 Å². The van der Waals surface area contributed by atoms with Gasteiger partial charge in [-0.25, -0.2) is 0 Å². The Balaban J connectivity index is 2.24. The van der Waals surface area contributed by atoms with Gasteiger partial charge in [0, 0.05) is 30.5 Å². The van der Waals surface area contributed by atoms with Gasteiger partial charge >= 0.3 is 0 Å². The van der Waals surface area contributed by atoms with Crippen LogP contribution in [-0.4, -0.2) is 12.8 Å². The van der Waals surface area contributed by atoms with Crippen molar-refractivity contribution < 1.29 is 0 Å². The summed E-state index contributed by atoms with van der Waals surface area (Å²) in [6.45, 7) is 12.3. The normalized spacial score (nSPS) is 13.6. The summed E-state index contributed by atoms with van der Waals surface area (Å²) >= 11 is 1.80. The largest absolute Gasteiger partial charge is 0.392 e. The smallest absolute Gasteiger partial charge is 0.0393 e. The van der Waals surface area contributed by atoms with E-state index < -0.39 is 0 Å². The van der Waals surface area contributed by atoms with Crippen LogP contribution in [0.1, 0.15) is 49.8 Å². The molecule has 0 fully saturated rings. The molecule has 0 heterocycles. The highest BCUT2D eigenvalue weighted by atomic mass is 32.2. The standard InChI is InChI=1S/C22H34N2S/c1-6-7-13-21(19(3)23-5)14-9-8-10-16-25-24-20(4)22-15-11-12-18(2)17-22/h6,8-9,11-12,15,17,20-21,23-24H,1,3,7,10,13-14,16H2,2,4-5H3/b9-8+. The molecule has 0 aliphatic rings. The van der Waals surface area contributed by atoms with E-state index in [1.165, 1.54) is 11.1 Å². The van der Waals surface area contributed by atoms with Crippen molar-refractivity contribution in [2.75, 3.05) is 12.8 Å². The summed E-state index contributed by atoms with van der Waals surface area (Å²) in [5.74, 6) is 1.57. The van der Waals surface area contributed by atoms with Crippen LogP contribution in [-0.2, 0) is 0 Å². The lowest BCUT2D eigenvalue weighted by Gasteiger charge is -2.17. The van der Waals surface area contributed by atoms with Crippen LogP contribution in [0, 0.1) is 12.8 Å². The molecule has 2 unspecified atom stereocenters. The van der Waals surface area contributed by atoms with Gasteiger partial charge in [-0.2, -0.15) is 0 Å². The number of benzene rings is 1. The third kappa shape index (κ3) is 8.99. The van der Waals surface area contributed by atoms with Gasteiger partial charge in [0.05, 0.1) is 0 Å². The lowest BCUT2D eigenvalue weighted by atomic mass is 9.96. The lowest BCUT2D eigenvalue weighted by molar-refractivity contribution is 0.545. The van der Waals surface area contributed by atoms with Gasteiger partial charge in [-0.15, -0.1) is 6.58 Å². The summed E-state index contributed by atoms with van der Waals surface area (Å²) in [5.41, 5.74) is 3.78. The Kier molecular flexibility index (Phi) is 11.1. The first-order valence-electron chi connectivity index (χ1n) is 9.14. The van der Waals surface area contributed by atoms with E-state index in [9.17, 15) is 0 Å². The monoisotopic (exact) mass is 358 g/mol. The minimum atomic E-state index is 0.371. The Bertz CT molecular complexity index is 551. The van der Waals surface area contributed by atoms with Crippen molar-refractivity contribution >= 4 is 11.9 Å². The number of nitrogens with one attached hydrogen (secondary N) is 2. The fourth-order valence-corrected chi connectivity index (χ4v) is 3.41. The molecule has 2 nitrogen and oxygen atoms in total. The molecule has 1 aromatic carbocycles. The molecule has 0 amide bonds. The maximum Gasteiger partial charge on any atom is 0.0393 e. The first kappa shape index (κ1) is 21.6. The topological polar surface area (TPSA) is 24.1 Å². The van der Waals surface area contributed by atoms with E-state index in [0.717, 1.165) is 37.1 Å². The maximum absolute atomic E-state index is 4.12. The van der Waals surface area contributed by atoms with Crippen molar-refractivity contribution in [3.8, 4) is 0 Å². The SMILES string of the molecule is C=CCCC(C/C=C/CCSNC(C)c1cccc(C)c1)C(=C)NC. The molecular formula is C22H34N2S. The van der Waals surface area contributed by atoms with Crippen LogP contribution in [0.2, 0.25) is 0 Å². The van der Waals surface area contributed by atoms with Gasteiger partial charge < -0.3 is 5.32 Å². The molecule has 0 radical (unpaired) electrons.